The Balaban J connectivity index is 3.86. The van der Waals surface area contributed by atoms with Gasteiger partial charge in [-0.2, -0.15) is 10.2 Å². The van der Waals surface area contributed by atoms with Crippen LogP contribution >= 0.6 is 0 Å². The normalized spacial score (nSPS) is 10.7. The van der Waals surface area contributed by atoms with E-state index in [1.165, 1.54) is 28.2 Å². The molecule has 0 bridgehead atoms. The molecule has 10 heteroatoms. The lowest BCUT2D eigenvalue weighted by molar-refractivity contribution is 0.208. The lowest BCUT2D eigenvalue weighted by atomic mass is 10.7. The van der Waals surface area contributed by atoms with Crippen LogP contribution in [0.2, 0.25) is 0 Å². The number of carbonyl (C=O) groups is 2. The van der Waals surface area contributed by atoms with Crippen LogP contribution in [0.25, 0.3) is 0 Å². The van der Waals surface area contributed by atoms with Crippen LogP contribution in [-0.4, -0.2) is 63.4 Å². The molecule has 0 aromatic heterocycles. The van der Waals surface area contributed by atoms with Crippen LogP contribution in [0.4, 0.5) is 9.59 Å². The zero-order valence-electron chi connectivity index (χ0n) is 10.9. The van der Waals surface area contributed by atoms with E-state index in [-0.39, 0.29) is 25.2 Å². The minimum Gasteiger partial charge on any atom is -0.340 e. The summed E-state index contributed by atoms with van der Waals surface area (Å²) in [5, 5.41) is 21.6. The van der Waals surface area contributed by atoms with E-state index in [0.29, 0.717) is 0 Å². The second kappa shape index (κ2) is 8.84. The van der Waals surface area contributed by atoms with Gasteiger partial charge in [0.25, 0.3) is 0 Å². The third-order valence-corrected chi connectivity index (χ3v) is 1.71. The van der Waals surface area contributed by atoms with Crippen LogP contribution in [0.3, 0.4) is 0 Å². The van der Waals surface area contributed by atoms with Gasteiger partial charge in [-0.3, -0.25) is 0 Å². The molecule has 0 aromatic rings. The van der Waals surface area contributed by atoms with Crippen molar-refractivity contribution in [3.05, 3.63) is 0 Å². The van der Waals surface area contributed by atoms with E-state index in [2.05, 4.69) is 31.3 Å². The highest BCUT2D eigenvalue weighted by molar-refractivity contribution is 5.73. The van der Waals surface area contributed by atoms with Gasteiger partial charge in [0.15, 0.2) is 0 Å². The van der Waals surface area contributed by atoms with Crippen molar-refractivity contribution in [1.82, 2.24) is 20.7 Å². The van der Waals surface area contributed by atoms with E-state index in [4.69, 9.17) is 0 Å². The molecule has 0 aliphatic rings. The van der Waals surface area contributed by atoms with E-state index >= 15 is 0 Å². The molecule has 2 N–H and O–H groups in total. The molecule has 0 saturated carbocycles. The molecule has 18 heavy (non-hydrogen) atoms. The summed E-state index contributed by atoms with van der Waals surface area (Å²) in [4.78, 5) is 22.0. The van der Waals surface area contributed by atoms with Gasteiger partial charge in [-0.15, -0.1) is 0 Å². The first-order chi connectivity index (χ1) is 8.52. The Bertz CT molecular complexity index is 297. The first-order valence-electron chi connectivity index (χ1n) is 5.18. The highest BCUT2D eigenvalue weighted by Crippen LogP contribution is 1.89. The number of amides is 4. The molecule has 0 unspecified atom stereocenters. The Labute approximate surface area is 105 Å². The smallest absolute Gasteiger partial charge is 0.338 e. The summed E-state index contributed by atoms with van der Waals surface area (Å²) in [7, 11) is 5.95. The molecule has 0 aliphatic heterocycles. The molecular formula is C8H18N8O2. The highest BCUT2D eigenvalue weighted by Gasteiger charge is 2.03. The SMILES string of the molecule is CNC(=O)N(C)N=NCCN=NN(C)C(=O)NC. The minimum atomic E-state index is -0.361. The summed E-state index contributed by atoms with van der Waals surface area (Å²) < 4.78 is 0. The van der Waals surface area contributed by atoms with Gasteiger partial charge in [0, 0.05) is 28.2 Å². The summed E-state index contributed by atoms with van der Waals surface area (Å²) in [6, 6.07) is -0.723. The number of nitrogens with zero attached hydrogens (tertiary/aromatic N) is 6. The molecule has 4 amide bonds. The maximum Gasteiger partial charge on any atom is 0.338 e. The van der Waals surface area contributed by atoms with Crippen molar-refractivity contribution in [2.45, 2.75) is 0 Å². The van der Waals surface area contributed by atoms with Gasteiger partial charge in [0.05, 0.1) is 13.1 Å². The third kappa shape index (κ3) is 6.35. The molecule has 0 atom stereocenters. The quantitative estimate of drug-likeness (QED) is 0.418. The van der Waals surface area contributed by atoms with Gasteiger partial charge in [-0.25, -0.2) is 19.6 Å². The molecule has 0 radical (unpaired) electrons. The standard InChI is InChI=1S/C8H18N8O2/c1-9-7(17)15(3)13-11-5-6-12-14-16(4)8(18)10-2/h5-6H2,1-4H3,(H,9,17)(H,10,18). The van der Waals surface area contributed by atoms with Gasteiger partial charge in [0.1, 0.15) is 0 Å². The number of hydrogen-bond acceptors (Lipinski definition) is 6. The van der Waals surface area contributed by atoms with Crippen molar-refractivity contribution < 1.29 is 9.59 Å². The molecule has 102 valence electrons. The minimum absolute atomic E-state index is 0.270. The third-order valence-electron chi connectivity index (χ3n) is 1.71. The maximum absolute atomic E-state index is 11.0. The second-order valence-corrected chi connectivity index (χ2v) is 3.07. The predicted octanol–water partition coefficient (Wildman–Crippen LogP) is 0.263. The fourth-order valence-electron chi connectivity index (χ4n) is 0.773. The average Bonchev–Trinajstić information content (AvgIpc) is 2.39. The monoisotopic (exact) mass is 258 g/mol. The Morgan fingerprint density at radius 1 is 0.889 bits per heavy atom. The topological polar surface area (TPSA) is 114 Å². The number of urea groups is 2. The highest BCUT2D eigenvalue weighted by atomic mass is 16.2. The predicted molar refractivity (Wildman–Crippen MR) is 63.9 cm³/mol. The van der Waals surface area contributed by atoms with Gasteiger partial charge in [-0.05, 0) is 0 Å². The van der Waals surface area contributed by atoms with Crippen LogP contribution in [0.5, 0.6) is 0 Å². The van der Waals surface area contributed by atoms with E-state index in [1.54, 1.807) is 0 Å². The van der Waals surface area contributed by atoms with E-state index < -0.39 is 0 Å². The molecule has 0 aliphatic carbocycles. The molecule has 10 nitrogen and oxygen atoms in total. The van der Waals surface area contributed by atoms with Gasteiger partial charge >= 0.3 is 12.1 Å². The summed E-state index contributed by atoms with van der Waals surface area (Å²) in [5.74, 6) is 0. The lowest BCUT2D eigenvalue weighted by Crippen LogP contribution is -2.30. The van der Waals surface area contributed by atoms with Crippen molar-refractivity contribution >= 4 is 12.1 Å². The summed E-state index contributed by atoms with van der Waals surface area (Å²) in [6.07, 6.45) is 0. The number of hydrogen-bond donors (Lipinski definition) is 2. The Kier molecular flexibility index (Phi) is 7.73. The first kappa shape index (κ1) is 15.7. The van der Waals surface area contributed by atoms with Crippen LogP contribution in [0.15, 0.2) is 20.7 Å². The zero-order valence-corrected chi connectivity index (χ0v) is 10.9. The molecular weight excluding hydrogens is 240 g/mol. The first-order valence-corrected chi connectivity index (χ1v) is 5.18. The van der Waals surface area contributed by atoms with E-state index in [1.807, 2.05) is 0 Å². The van der Waals surface area contributed by atoms with Gasteiger partial charge in [-0.1, -0.05) is 10.4 Å². The molecule has 0 aromatic carbocycles. The molecule has 0 rings (SSSR count). The molecule has 0 heterocycles. The number of nitrogens with one attached hydrogen (secondary N) is 2. The van der Waals surface area contributed by atoms with E-state index in [0.717, 1.165) is 10.0 Å². The zero-order chi connectivity index (χ0) is 14.0. The van der Waals surface area contributed by atoms with E-state index in [9.17, 15) is 9.59 Å². The number of carbonyl (C=O) groups excluding carboxylic acids is 2. The Morgan fingerprint density at radius 2 is 1.22 bits per heavy atom. The van der Waals surface area contributed by atoms with Crippen LogP contribution < -0.4 is 10.6 Å². The maximum atomic E-state index is 11.0. The van der Waals surface area contributed by atoms with Crippen molar-refractivity contribution in [2.75, 3.05) is 41.3 Å². The molecule has 0 fully saturated rings. The summed E-state index contributed by atoms with van der Waals surface area (Å²) in [6.45, 7) is 0.541. The number of rotatable bonds is 5. The Hall–Kier alpha value is -2.26. The van der Waals surface area contributed by atoms with Crippen molar-refractivity contribution in [2.24, 2.45) is 20.7 Å². The summed E-state index contributed by atoms with van der Waals surface area (Å²) in [5.41, 5.74) is 0. The van der Waals surface area contributed by atoms with Crippen molar-refractivity contribution in [3.63, 3.8) is 0 Å². The van der Waals surface area contributed by atoms with Gasteiger partial charge < -0.3 is 10.6 Å². The van der Waals surface area contributed by atoms with Crippen molar-refractivity contribution in [3.8, 4) is 0 Å². The fraction of sp³-hybridized carbons (Fsp3) is 0.750. The largest absolute Gasteiger partial charge is 0.340 e. The van der Waals surface area contributed by atoms with Crippen LogP contribution in [0, 0.1) is 0 Å². The van der Waals surface area contributed by atoms with Crippen LogP contribution in [-0.2, 0) is 0 Å². The second-order valence-electron chi connectivity index (χ2n) is 3.07. The van der Waals surface area contributed by atoms with Crippen molar-refractivity contribution in [1.29, 1.82) is 0 Å². The summed E-state index contributed by atoms with van der Waals surface area (Å²) >= 11 is 0. The Morgan fingerprint density at radius 3 is 1.50 bits per heavy atom. The van der Waals surface area contributed by atoms with Gasteiger partial charge in [0.2, 0.25) is 0 Å². The molecule has 0 spiro atoms. The van der Waals surface area contributed by atoms with Crippen LogP contribution in [0.1, 0.15) is 0 Å². The average molecular weight is 258 g/mol. The fourth-order valence-corrected chi connectivity index (χ4v) is 0.773. The molecule has 0 saturated heterocycles. The lowest BCUT2D eigenvalue weighted by Gasteiger charge is -2.07.